The first-order valence-corrected chi connectivity index (χ1v) is 4.57. The second-order valence-corrected chi connectivity index (χ2v) is 4.32. The van der Waals surface area contributed by atoms with E-state index < -0.39 is 5.60 Å². The molecule has 0 aromatic carbocycles. The van der Waals surface area contributed by atoms with Crippen LogP contribution >= 0.6 is 12.6 Å². The lowest BCUT2D eigenvalue weighted by atomic mass is 10.0. The predicted octanol–water partition coefficient (Wildman–Crippen LogP) is 1.40. The van der Waals surface area contributed by atoms with Crippen molar-refractivity contribution in [1.29, 1.82) is 0 Å². The average Bonchev–Trinajstić information content (AvgIpc) is 1.78. The summed E-state index contributed by atoms with van der Waals surface area (Å²) < 4.78 is 0. The van der Waals surface area contributed by atoms with Crippen molar-refractivity contribution in [2.45, 2.75) is 44.6 Å². The summed E-state index contributed by atoms with van der Waals surface area (Å²) in [4.78, 5) is 0. The van der Waals surface area contributed by atoms with Gasteiger partial charge in [-0.15, -0.1) is 0 Å². The van der Waals surface area contributed by atoms with Gasteiger partial charge in [-0.3, -0.25) is 0 Å². The van der Waals surface area contributed by atoms with E-state index in [1.807, 2.05) is 20.8 Å². The molecule has 0 radical (unpaired) electrons. The van der Waals surface area contributed by atoms with E-state index in [1.54, 1.807) is 0 Å². The lowest BCUT2D eigenvalue weighted by molar-refractivity contribution is 0.0688. The average molecular weight is 177 g/mol. The monoisotopic (exact) mass is 177 g/mol. The zero-order chi connectivity index (χ0) is 8.91. The number of rotatable bonds is 5. The maximum absolute atomic E-state index is 9.34. The van der Waals surface area contributed by atoms with Crippen LogP contribution in [0.5, 0.6) is 0 Å². The van der Waals surface area contributed by atoms with Crippen LogP contribution in [0.2, 0.25) is 0 Å². The van der Waals surface area contributed by atoms with Gasteiger partial charge in [-0.25, -0.2) is 0 Å². The lowest BCUT2D eigenvalue weighted by Gasteiger charge is -2.17. The van der Waals surface area contributed by atoms with Crippen LogP contribution in [0.4, 0.5) is 0 Å². The molecule has 0 rings (SSSR count). The molecule has 0 fully saturated rings. The second kappa shape index (κ2) is 5.01. The highest BCUT2D eigenvalue weighted by Crippen LogP contribution is 2.09. The molecule has 68 valence electrons. The number of nitrogens with one attached hydrogen (secondary N) is 1. The molecule has 2 N–H and O–H groups in total. The van der Waals surface area contributed by atoms with Crippen LogP contribution in [-0.4, -0.2) is 22.6 Å². The molecule has 3 heteroatoms. The number of aliphatic hydroxyl groups is 1. The van der Waals surface area contributed by atoms with Gasteiger partial charge in [0.2, 0.25) is 0 Å². The normalized spacial score (nSPS) is 15.0. The van der Waals surface area contributed by atoms with Crippen molar-refractivity contribution < 1.29 is 5.11 Å². The number of hydrogen-bond donors (Lipinski definition) is 3. The maximum Gasteiger partial charge on any atom is 0.0592 e. The topological polar surface area (TPSA) is 32.3 Å². The van der Waals surface area contributed by atoms with Gasteiger partial charge in [0.1, 0.15) is 0 Å². The molecule has 0 aromatic heterocycles. The Morgan fingerprint density at radius 3 is 2.45 bits per heavy atom. The zero-order valence-corrected chi connectivity index (χ0v) is 8.49. The molecule has 0 aliphatic rings. The van der Waals surface area contributed by atoms with Gasteiger partial charge in [0.25, 0.3) is 0 Å². The highest BCUT2D eigenvalue weighted by Gasteiger charge is 2.10. The van der Waals surface area contributed by atoms with Crippen LogP contribution < -0.4 is 5.32 Å². The van der Waals surface area contributed by atoms with Crippen molar-refractivity contribution in [2.75, 3.05) is 6.54 Å². The first kappa shape index (κ1) is 11.3. The molecular formula is C8H19NOS. The molecule has 0 aromatic rings. The summed E-state index contributed by atoms with van der Waals surface area (Å²) in [5.41, 5.74) is -0.526. The van der Waals surface area contributed by atoms with Crippen molar-refractivity contribution in [3.8, 4) is 0 Å². The molecule has 2 nitrogen and oxygen atoms in total. The van der Waals surface area contributed by atoms with Gasteiger partial charge < -0.3 is 10.4 Å². The predicted molar refractivity (Wildman–Crippen MR) is 52.0 cm³/mol. The van der Waals surface area contributed by atoms with E-state index in [4.69, 9.17) is 0 Å². The third kappa shape index (κ3) is 10.3. The van der Waals surface area contributed by atoms with Gasteiger partial charge in [-0.2, -0.15) is 12.6 Å². The molecule has 0 saturated carbocycles. The van der Waals surface area contributed by atoms with E-state index in [1.165, 1.54) is 0 Å². The van der Waals surface area contributed by atoms with Gasteiger partial charge in [0.05, 0.1) is 5.60 Å². The van der Waals surface area contributed by atoms with E-state index >= 15 is 0 Å². The summed E-state index contributed by atoms with van der Waals surface area (Å²) in [5, 5.41) is 12.8. The van der Waals surface area contributed by atoms with E-state index in [2.05, 4.69) is 17.9 Å². The lowest BCUT2D eigenvalue weighted by Crippen LogP contribution is -2.25. The highest BCUT2D eigenvalue weighted by atomic mass is 32.1. The quantitative estimate of drug-likeness (QED) is 0.337. The molecule has 11 heavy (non-hydrogen) atoms. The summed E-state index contributed by atoms with van der Waals surface area (Å²) in [6.07, 6.45) is 1.83. The van der Waals surface area contributed by atoms with Crippen molar-refractivity contribution in [1.82, 2.24) is 5.32 Å². The molecule has 0 spiro atoms. The van der Waals surface area contributed by atoms with Crippen molar-refractivity contribution >= 4 is 12.6 Å². The Labute approximate surface area is 74.8 Å². The van der Waals surface area contributed by atoms with Gasteiger partial charge in [-0.05, 0) is 40.2 Å². The van der Waals surface area contributed by atoms with Crippen molar-refractivity contribution in [3.05, 3.63) is 0 Å². The van der Waals surface area contributed by atoms with E-state index in [0.717, 1.165) is 19.4 Å². The third-order valence-corrected chi connectivity index (χ3v) is 1.59. The first-order chi connectivity index (χ1) is 4.92. The van der Waals surface area contributed by atoms with Crippen molar-refractivity contribution in [3.63, 3.8) is 0 Å². The van der Waals surface area contributed by atoms with E-state index in [9.17, 15) is 5.11 Å². The van der Waals surface area contributed by atoms with Crippen LogP contribution in [0.1, 0.15) is 33.6 Å². The summed E-state index contributed by atoms with van der Waals surface area (Å²) in [5.74, 6) is 0. The molecule has 1 atom stereocenters. The molecule has 0 aliphatic carbocycles. The van der Waals surface area contributed by atoms with E-state index in [-0.39, 0.29) is 5.37 Å². The van der Waals surface area contributed by atoms with Crippen LogP contribution in [0.15, 0.2) is 0 Å². The Hall–Kier alpha value is 0.270. The Morgan fingerprint density at radius 1 is 1.55 bits per heavy atom. The highest BCUT2D eigenvalue weighted by molar-refractivity contribution is 7.80. The third-order valence-electron chi connectivity index (χ3n) is 1.41. The van der Waals surface area contributed by atoms with Crippen LogP contribution in [-0.2, 0) is 0 Å². The Balaban J connectivity index is 3.15. The van der Waals surface area contributed by atoms with Crippen molar-refractivity contribution in [2.24, 2.45) is 0 Å². The molecule has 1 unspecified atom stereocenters. The Morgan fingerprint density at radius 2 is 2.09 bits per heavy atom. The smallest absolute Gasteiger partial charge is 0.0592 e. The Bertz CT molecular complexity index is 98.8. The molecular weight excluding hydrogens is 158 g/mol. The minimum absolute atomic E-state index is 0.247. The second-order valence-electron chi connectivity index (χ2n) is 3.55. The van der Waals surface area contributed by atoms with Crippen LogP contribution in [0, 0.1) is 0 Å². The van der Waals surface area contributed by atoms with Crippen LogP contribution in [0.25, 0.3) is 0 Å². The Kier molecular flexibility index (Phi) is 5.13. The summed E-state index contributed by atoms with van der Waals surface area (Å²) in [6.45, 7) is 6.58. The molecule has 0 bridgehead atoms. The van der Waals surface area contributed by atoms with Crippen LogP contribution in [0.3, 0.4) is 0 Å². The van der Waals surface area contributed by atoms with Gasteiger partial charge in [0.15, 0.2) is 0 Å². The fraction of sp³-hybridized carbons (Fsp3) is 1.00. The maximum atomic E-state index is 9.34. The molecule has 0 saturated heterocycles. The number of thiol groups is 1. The summed E-state index contributed by atoms with van der Waals surface area (Å²) >= 11 is 4.17. The minimum Gasteiger partial charge on any atom is -0.390 e. The van der Waals surface area contributed by atoms with Gasteiger partial charge >= 0.3 is 0 Å². The molecule has 0 heterocycles. The van der Waals surface area contributed by atoms with E-state index in [0.29, 0.717) is 0 Å². The largest absolute Gasteiger partial charge is 0.390 e. The summed E-state index contributed by atoms with van der Waals surface area (Å²) in [6, 6.07) is 0. The minimum atomic E-state index is -0.526. The molecule has 0 aliphatic heterocycles. The fourth-order valence-corrected chi connectivity index (χ4v) is 0.961. The molecule has 0 amide bonds. The van der Waals surface area contributed by atoms with Gasteiger partial charge in [0, 0.05) is 5.37 Å². The number of hydrogen-bond acceptors (Lipinski definition) is 3. The standard InChI is InChI=1S/C8H19NOS/c1-7(11)9-6-4-5-8(2,3)10/h7,9-11H,4-6H2,1-3H3. The SMILES string of the molecule is CC(S)NCCCC(C)(C)O. The first-order valence-electron chi connectivity index (χ1n) is 4.05. The fourth-order valence-electron chi connectivity index (χ4n) is 0.832. The van der Waals surface area contributed by atoms with Gasteiger partial charge in [-0.1, -0.05) is 0 Å². The zero-order valence-electron chi connectivity index (χ0n) is 7.59. The summed E-state index contributed by atoms with van der Waals surface area (Å²) in [7, 11) is 0.